The van der Waals surface area contributed by atoms with Crippen LogP contribution in [0.2, 0.25) is 0 Å². The molecular formula is C11H14N2O6. The first-order valence-corrected chi connectivity index (χ1v) is 5.54. The quantitative estimate of drug-likeness (QED) is 0.556. The topological polar surface area (TPSA) is 105 Å². The van der Waals surface area contributed by atoms with E-state index >= 15 is 0 Å². The van der Waals surface area contributed by atoms with Gasteiger partial charge in [0.1, 0.15) is 0 Å². The van der Waals surface area contributed by atoms with Crippen LogP contribution in [0.15, 0.2) is 18.2 Å². The molecule has 1 aromatic rings. The van der Waals surface area contributed by atoms with Gasteiger partial charge in [-0.15, -0.1) is 0 Å². The van der Waals surface area contributed by atoms with Crippen molar-refractivity contribution in [3.63, 3.8) is 0 Å². The lowest BCUT2D eigenvalue weighted by molar-refractivity contribution is -0.394. The Bertz CT molecular complexity index is 476. The molecule has 19 heavy (non-hydrogen) atoms. The molecule has 1 unspecified atom stereocenters. The number of nitrogens with zero attached hydrogens (tertiary/aromatic N) is 2. The SMILES string of the molecule is COC(C)CCOc1ccc([N+](=O)[O-])cc1[N+](=O)[O-]. The third-order valence-electron chi connectivity index (χ3n) is 2.53. The summed E-state index contributed by atoms with van der Waals surface area (Å²) in [5.41, 5.74) is -0.761. The fourth-order valence-electron chi connectivity index (χ4n) is 1.34. The largest absolute Gasteiger partial charge is 0.487 e. The standard InChI is InChI=1S/C11H14N2O6/c1-8(18-2)5-6-19-11-4-3-9(12(14)15)7-10(11)13(16)17/h3-4,7-8H,5-6H2,1-2H3. The minimum absolute atomic E-state index is 0.0129. The molecule has 8 nitrogen and oxygen atoms in total. The van der Waals surface area contributed by atoms with Crippen molar-refractivity contribution in [2.45, 2.75) is 19.4 Å². The Morgan fingerprint density at radius 3 is 2.47 bits per heavy atom. The van der Waals surface area contributed by atoms with Crippen LogP contribution in [0.25, 0.3) is 0 Å². The zero-order valence-electron chi connectivity index (χ0n) is 10.6. The minimum atomic E-state index is -0.706. The van der Waals surface area contributed by atoms with Crippen LogP contribution in [0.5, 0.6) is 5.75 Å². The summed E-state index contributed by atoms with van der Waals surface area (Å²) in [7, 11) is 1.55. The second-order valence-electron chi connectivity index (χ2n) is 3.85. The summed E-state index contributed by atoms with van der Waals surface area (Å²) < 4.78 is 10.3. The van der Waals surface area contributed by atoms with E-state index in [1.54, 1.807) is 7.11 Å². The minimum Gasteiger partial charge on any atom is -0.487 e. The van der Waals surface area contributed by atoms with Gasteiger partial charge in [-0.05, 0) is 13.0 Å². The number of benzene rings is 1. The molecule has 1 atom stereocenters. The summed E-state index contributed by atoms with van der Waals surface area (Å²) in [4.78, 5) is 20.0. The Labute approximate surface area is 109 Å². The molecule has 0 amide bonds. The molecule has 0 radical (unpaired) electrons. The molecule has 0 saturated heterocycles. The van der Waals surface area contributed by atoms with Crippen molar-refractivity contribution in [2.24, 2.45) is 0 Å². The van der Waals surface area contributed by atoms with Crippen molar-refractivity contribution in [2.75, 3.05) is 13.7 Å². The van der Waals surface area contributed by atoms with Gasteiger partial charge in [-0.3, -0.25) is 20.2 Å². The Morgan fingerprint density at radius 1 is 1.26 bits per heavy atom. The maximum atomic E-state index is 10.8. The molecule has 1 rings (SSSR count). The predicted molar refractivity (Wildman–Crippen MR) is 66.3 cm³/mol. The van der Waals surface area contributed by atoms with Gasteiger partial charge in [0, 0.05) is 19.6 Å². The summed E-state index contributed by atoms with van der Waals surface area (Å²) in [5.74, 6) is 0.0129. The zero-order valence-corrected chi connectivity index (χ0v) is 10.6. The van der Waals surface area contributed by atoms with E-state index in [9.17, 15) is 20.2 Å². The van der Waals surface area contributed by atoms with Gasteiger partial charge in [0.2, 0.25) is 0 Å². The van der Waals surface area contributed by atoms with Gasteiger partial charge in [0.25, 0.3) is 5.69 Å². The van der Waals surface area contributed by atoms with Gasteiger partial charge >= 0.3 is 5.69 Å². The molecule has 104 valence electrons. The molecule has 0 aliphatic rings. The monoisotopic (exact) mass is 270 g/mol. The first kappa shape index (κ1) is 14.8. The van der Waals surface area contributed by atoms with E-state index < -0.39 is 15.5 Å². The number of nitro benzene ring substituents is 2. The fraction of sp³-hybridized carbons (Fsp3) is 0.455. The van der Waals surface area contributed by atoms with Crippen molar-refractivity contribution in [3.8, 4) is 5.75 Å². The Morgan fingerprint density at radius 2 is 1.95 bits per heavy atom. The van der Waals surface area contributed by atoms with Crippen molar-refractivity contribution < 1.29 is 19.3 Å². The normalized spacial score (nSPS) is 11.9. The van der Waals surface area contributed by atoms with Crippen molar-refractivity contribution in [1.29, 1.82) is 0 Å². The molecule has 0 spiro atoms. The number of hydrogen-bond donors (Lipinski definition) is 0. The molecule has 0 aromatic heterocycles. The third-order valence-corrected chi connectivity index (χ3v) is 2.53. The van der Waals surface area contributed by atoms with Gasteiger partial charge in [-0.2, -0.15) is 0 Å². The van der Waals surface area contributed by atoms with Crippen LogP contribution in [0.3, 0.4) is 0 Å². The molecule has 0 aliphatic carbocycles. The van der Waals surface area contributed by atoms with Crippen molar-refractivity contribution in [1.82, 2.24) is 0 Å². The van der Waals surface area contributed by atoms with Crippen LogP contribution in [0, 0.1) is 20.2 Å². The van der Waals surface area contributed by atoms with Gasteiger partial charge in [-0.1, -0.05) is 0 Å². The number of nitro groups is 2. The van der Waals surface area contributed by atoms with Crippen molar-refractivity contribution >= 4 is 11.4 Å². The lowest BCUT2D eigenvalue weighted by Gasteiger charge is -2.10. The number of rotatable bonds is 7. The third kappa shape index (κ3) is 4.18. The van der Waals surface area contributed by atoms with Crippen LogP contribution in [-0.4, -0.2) is 29.7 Å². The Balaban J connectivity index is 2.82. The average molecular weight is 270 g/mol. The highest BCUT2D eigenvalue weighted by Gasteiger charge is 2.20. The van der Waals surface area contributed by atoms with Gasteiger partial charge in [0.05, 0.1) is 28.6 Å². The summed E-state index contributed by atoms with van der Waals surface area (Å²) in [5, 5.41) is 21.4. The molecule has 0 aliphatic heterocycles. The molecule has 0 bridgehead atoms. The molecular weight excluding hydrogens is 256 g/mol. The number of ether oxygens (including phenoxy) is 2. The fourth-order valence-corrected chi connectivity index (χ4v) is 1.34. The van der Waals surface area contributed by atoms with Gasteiger partial charge in [-0.25, -0.2) is 0 Å². The number of non-ortho nitro benzene ring substituents is 1. The number of methoxy groups -OCH3 is 1. The predicted octanol–water partition coefficient (Wildman–Crippen LogP) is 2.31. The maximum Gasteiger partial charge on any atom is 0.317 e. The van der Waals surface area contributed by atoms with E-state index in [2.05, 4.69) is 0 Å². The Kier molecular flexibility index (Phi) is 5.19. The van der Waals surface area contributed by atoms with E-state index in [0.29, 0.717) is 6.42 Å². The van der Waals surface area contributed by atoms with Crippen LogP contribution in [0.1, 0.15) is 13.3 Å². The van der Waals surface area contributed by atoms with E-state index in [4.69, 9.17) is 9.47 Å². The lowest BCUT2D eigenvalue weighted by atomic mass is 10.2. The highest BCUT2D eigenvalue weighted by molar-refractivity contribution is 5.53. The summed E-state index contributed by atoms with van der Waals surface area (Å²) >= 11 is 0. The van der Waals surface area contributed by atoms with Crippen LogP contribution in [0.4, 0.5) is 11.4 Å². The molecule has 0 saturated carbocycles. The van der Waals surface area contributed by atoms with E-state index in [0.717, 1.165) is 6.07 Å². The number of hydrogen-bond acceptors (Lipinski definition) is 6. The summed E-state index contributed by atoms with van der Waals surface area (Å²) in [6, 6.07) is 3.28. The van der Waals surface area contributed by atoms with E-state index in [1.165, 1.54) is 12.1 Å². The van der Waals surface area contributed by atoms with Crippen molar-refractivity contribution in [3.05, 3.63) is 38.4 Å². The molecule has 0 heterocycles. The lowest BCUT2D eigenvalue weighted by Crippen LogP contribution is -2.11. The first-order chi connectivity index (χ1) is 8.95. The van der Waals surface area contributed by atoms with E-state index in [-0.39, 0.29) is 24.1 Å². The van der Waals surface area contributed by atoms with Crippen LogP contribution >= 0.6 is 0 Å². The maximum absolute atomic E-state index is 10.8. The summed E-state index contributed by atoms with van der Waals surface area (Å²) in [6.07, 6.45) is 0.530. The van der Waals surface area contributed by atoms with Gasteiger partial charge in [0.15, 0.2) is 5.75 Å². The first-order valence-electron chi connectivity index (χ1n) is 5.54. The van der Waals surface area contributed by atoms with E-state index in [1.807, 2.05) is 6.92 Å². The molecule has 0 fully saturated rings. The summed E-state index contributed by atoms with van der Waals surface area (Å²) in [6.45, 7) is 2.07. The average Bonchev–Trinajstić information content (AvgIpc) is 2.38. The highest BCUT2D eigenvalue weighted by atomic mass is 16.6. The second kappa shape index (κ2) is 6.64. The second-order valence-corrected chi connectivity index (χ2v) is 3.85. The Hall–Kier alpha value is -2.22. The van der Waals surface area contributed by atoms with Crippen LogP contribution < -0.4 is 4.74 Å². The molecule has 1 aromatic carbocycles. The molecule has 8 heteroatoms. The smallest absolute Gasteiger partial charge is 0.317 e. The zero-order chi connectivity index (χ0) is 14.4. The molecule has 0 N–H and O–H groups in total. The highest BCUT2D eigenvalue weighted by Crippen LogP contribution is 2.31. The van der Waals surface area contributed by atoms with Crippen LogP contribution in [-0.2, 0) is 4.74 Å². The van der Waals surface area contributed by atoms with Gasteiger partial charge < -0.3 is 9.47 Å².